The molecule has 1 aromatic carbocycles. The van der Waals surface area contributed by atoms with E-state index >= 15 is 0 Å². The van der Waals surface area contributed by atoms with Crippen LogP contribution < -0.4 is 5.43 Å². The molecule has 0 radical (unpaired) electrons. The van der Waals surface area contributed by atoms with Gasteiger partial charge in [-0.15, -0.1) is 11.3 Å². The fourth-order valence-electron chi connectivity index (χ4n) is 1.41. The average molecular weight is 303 g/mol. The van der Waals surface area contributed by atoms with Crippen LogP contribution >= 0.6 is 11.3 Å². The maximum Gasteiger partial charge on any atom is 0.419 e. The van der Waals surface area contributed by atoms with E-state index in [0.717, 1.165) is 17.8 Å². The van der Waals surface area contributed by atoms with Crippen LogP contribution in [0.4, 0.5) is 22.7 Å². The van der Waals surface area contributed by atoms with Crippen molar-refractivity contribution < 1.29 is 17.6 Å². The summed E-state index contributed by atoms with van der Waals surface area (Å²) >= 11 is 1.33. The van der Waals surface area contributed by atoms with Gasteiger partial charge in [0.25, 0.3) is 0 Å². The third kappa shape index (κ3) is 3.53. The van der Waals surface area contributed by atoms with Crippen molar-refractivity contribution in [2.45, 2.75) is 13.1 Å². The van der Waals surface area contributed by atoms with Crippen molar-refractivity contribution in [1.82, 2.24) is 4.98 Å². The Hall–Kier alpha value is -1.96. The highest BCUT2D eigenvalue weighted by Gasteiger charge is 2.33. The Bertz CT molecular complexity index is 634. The number of anilines is 1. The first-order valence-corrected chi connectivity index (χ1v) is 6.32. The number of benzene rings is 1. The number of aryl methyl sites for hydroxylation is 1. The Labute approximate surface area is 116 Å². The van der Waals surface area contributed by atoms with Crippen LogP contribution in [0.15, 0.2) is 28.7 Å². The lowest BCUT2D eigenvalue weighted by molar-refractivity contribution is -0.140. The van der Waals surface area contributed by atoms with E-state index in [4.69, 9.17) is 0 Å². The molecular weight excluding hydrogens is 294 g/mol. The third-order valence-electron chi connectivity index (χ3n) is 2.29. The van der Waals surface area contributed by atoms with Crippen LogP contribution in [0.1, 0.15) is 16.8 Å². The molecule has 0 aliphatic heterocycles. The van der Waals surface area contributed by atoms with Crippen LogP contribution in [-0.2, 0) is 6.18 Å². The second-order valence-electron chi connectivity index (χ2n) is 3.90. The largest absolute Gasteiger partial charge is 0.419 e. The number of nitrogens with one attached hydrogen (secondary N) is 1. The minimum absolute atomic E-state index is 0.219. The molecule has 8 heteroatoms. The highest BCUT2D eigenvalue weighted by molar-refractivity contribution is 7.13. The zero-order valence-corrected chi connectivity index (χ0v) is 11.0. The fraction of sp³-hybridized carbons (Fsp3) is 0.167. The fourth-order valence-corrected chi connectivity index (χ4v) is 2.05. The predicted octanol–water partition coefficient (Wildman–Crippen LogP) is 4.06. The van der Waals surface area contributed by atoms with Gasteiger partial charge < -0.3 is 0 Å². The van der Waals surface area contributed by atoms with Gasteiger partial charge in [-0.2, -0.15) is 18.3 Å². The molecule has 0 unspecified atom stereocenters. The van der Waals surface area contributed by atoms with E-state index in [1.54, 1.807) is 0 Å². The second kappa shape index (κ2) is 5.58. The van der Waals surface area contributed by atoms with Crippen molar-refractivity contribution >= 4 is 22.7 Å². The lowest BCUT2D eigenvalue weighted by atomic mass is 10.1. The molecule has 0 aliphatic rings. The van der Waals surface area contributed by atoms with E-state index < -0.39 is 17.6 Å². The SMILES string of the molecule is Cc1csc(NN=Cc2ccc(C(F)(F)F)c(F)c2)n1. The number of halogens is 4. The summed E-state index contributed by atoms with van der Waals surface area (Å²) in [5, 5.41) is 6.15. The monoisotopic (exact) mass is 303 g/mol. The number of hydrogen-bond donors (Lipinski definition) is 1. The van der Waals surface area contributed by atoms with Gasteiger partial charge in [0.05, 0.1) is 17.5 Å². The maximum atomic E-state index is 13.3. The molecule has 0 spiro atoms. The third-order valence-corrected chi connectivity index (χ3v) is 3.16. The Morgan fingerprint density at radius 3 is 2.65 bits per heavy atom. The minimum Gasteiger partial charge on any atom is -0.253 e. The summed E-state index contributed by atoms with van der Waals surface area (Å²) < 4.78 is 50.4. The number of alkyl halides is 3. The first-order chi connectivity index (χ1) is 9.36. The summed E-state index contributed by atoms with van der Waals surface area (Å²) in [4.78, 5) is 4.08. The quantitative estimate of drug-likeness (QED) is 0.527. The molecule has 1 aromatic heterocycles. The van der Waals surface area contributed by atoms with Crippen molar-refractivity contribution in [1.29, 1.82) is 0 Å². The number of hydrogen-bond acceptors (Lipinski definition) is 4. The smallest absolute Gasteiger partial charge is 0.253 e. The highest BCUT2D eigenvalue weighted by atomic mass is 32.1. The normalized spacial score (nSPS) is 12.1. The van der Waals surface area contributed by atoms with Gasteiger partial charge in [-0.25, -0.2) is 9.37 Å². The minimum atomic E-state index is -4.70. The van der Waals surface area contributed by atoms with Gasteiger partial charge in [-0.1, -0.05) is 6.07 Å². The van der Waals surface area contributed by atoms with E-state index in [1.807, 2.05) is 12.3 Å². The Morgan fingerprint density at radius 1 is 1.35 bits per heavy atom. The van der Waals surface area contributed by atoms with Gasteiger partial charge >= 0.3 is 6.18 Å². The van der Waals surface area contributed by atoms with Crippen molar-refractivity contribution in [3.05, 3.63) is 46.2 Å². The van der Waals surface area contributed by atoms with Gasteiger partial charge in [0, 0.05) is 5.38 Å². The molecular formula is C12H9F4N3S. The van der Waals surface area contributed by atoms with Crippen LogP contribution in [0.2, 0.25) is 0 Å². The molecule has 0 atom stereocenters. The summed E-state index contributed by atoms with van der Waals surface area (Å²) in [7, 11) is 0. The number of hydrazone groups is 1. The van der Waals surface area contributed by atoms with Crippen LogP contribution in [0.25, 0.3) is 0 Å². The summed E-state index contributed by atoms with van der Waals surface area (Å²) in [6.07, 6.45) is -3.48. The first kappa shape index (κ1) is 14.4. The standard InChI is InChI=1S/C12H9F4N3S/c1-7-6-20-11(18-7)19-17-5-8-2-3-9(10(13)4-8)12(14,15)16/h2-6H,1H3,(H,18,19). The molecule has 0 bridgehead atoms. The summed E-state index contributed by atoms with van der Waals surface area (Å²) in [6.45, 7) is 1.82. The van der Waals surface area contributed by atoms with E-state index in [1.165, 1.54) is 17.6 Å². The Balaban J connectivity index is 2.09. The summed E-state index contributed by atoms with van der Waals surface area (Å²) in [5.41, 5.74) is 2.36. The molecule has 2 rings (SSSR count). The zero-order chi connectivity index (χ0) is 14.8. The number of aromatic nitrogens is 1. The lowest BCUT2D eigenvalue weighted by Crippen LogP contribution is -2.08. The van der Waals surface area contributed by atoms with Crippen LogP contribution in [-0.4, -0.2) is 11.2 Å². The predicted molar refractivity (Wildman–Crippen MR) is 69.5 cm³/mol. The van der Waals surface area contributed by atoms with Crippen LogP contribution in [0, 0.1) is 12.7 Å². The van der Waals surface area contributed by atoms with Gasteiger partial charge in [-0.3, -0.25) is 5.43 Å². The molecule has 106 valence electrons. The zero-order valence-electron chi connectivity index (χ0n) is 10.2. The topological polar surface area (TPSA) is 37.3 Å². The van der Waals surface area contributed by atoms with Crippen molar-refractivity contribution in [3.8, 4) is 0 Å². The summed E-state index contributed by atoms with van der Waals surface area (Å²) in [5.74, 6) is -1.33. The van der Waals surface area contributed by atoms with E-state index in [9.17, 15) is 17.6 Å². The van der Waals surface area contributed by atoms with Gasteiger partial charge in [0.2, 0.25) is 5.13 Å². The second-order valence-corrected chi connectivity index (χ2v) is 4.76. The number of rotatable bonds is 3. The molecule has 0 saturated carbocycles. The van der Waals surface area contributed by atoms with Crippen molar-refractivity contribution in [3.63, 3.8) is 0 Å². The molecule has 20 heavy (non-hydrogen) atoms. The Morgan fingerprint density at radius 2 is 2.10 bits per heavy atom. The maximum absolute atomic E-state index is 13.3. The van der Waals surface area contributed by atoms with Crippen LogP contribution in [0.5, 0.6) is 0 Å². The van der Waals surface area contributed by atoms with E-state index in [2.05, 4.69) is 15.5 Å². The molecule has 3 nitrogen and oxygen atoms in total. The molecule has 0 fully saturated rings. The average Bonchev–Trinajstić information content (AvgIpc) is 2.73. The first-order valence-electron chi connectivity index (χ1n) is 5.44. The molecule has 0 aliphatic carbocycles. The number of nitrogens with zero attached hydrogens (tertiary/aromatic N) is 2. The van der Waals surface area contributed by atoms with Crippen molar-refractivity contribution in [2.75, 3.05) is 5.43 Å². The Kier molecular flexibility index (Phi) is 4.03. The van der Waals surface area contributed by atoms with Gasteiger partial charge in [0.15, 0.2) is 0 Å². The molecule has 1 heterocycles. The van der Waals surface area contributed by atoms with Crippen molar-refractivity contribution in [2.24, 2.45) is 5.10 Å². The number of thiazole rings is 1. The lowest BCUT2D eigenvalue weighted by Gasteiger charge is -2.07. The van der Waals surface area contributed by atoms with Gasteiger partial charge in [0.1, 0.15) is 5.82 Å². The molecule has 2 aromatic rings. The van der Waals surface area contributed by atoms with E-state index in [-0.39, 0.29) is 5.56 Å². The molecule has 0 saturated heterocycles. The highest BCUT2D eigenvalue weighted by Crippen LogP contribution is 2.31. The van der Waals surface area contributed by atoms with Gasteiger partial charge in [-0.05, 0) is 24.6 Å². The van der Waals surface area contributed by atoms with E-state index in [0.29, 0.717) is 11.2 Å². The molecule has 1 N–H and O–H groups in total. The molecule has 0 amide bonds. The summed E-state index contributed by atoms with van der Waals surface area (Å²) in [6, 6.07) is 2.61. The van der Waals surface area contributed by atoms with Crippen LogP contribution in [0.3, 0.4) is 0 Å².